The summed E-state index contributed by atoms with van der Waals surface area (Å²) in [5.41, 5.74) is 3.15. The fourth-order valence-corrected chi connectivity index (χ4v) is 3.61. The highest BCUT2D eigenvalue weighted by Gasteiger charge is 2.28. The Labute approximate surface area is 138 Å². The summed E-state index contributed by atoms with van der Waals surface area (Å²) in [6.07, 6.45) is 2.01. The van der Waals surface area contributed by atoms with Crippen LogP contribution in [0.3, 0.4) is 0 Å². The van der Waals surface area contributed by atoms with E-state index in [0.717, 1.165) is 28.6 Å². The minimum atomic E-state index is -0.0222. The van der Waals surface area contributed by atoms with Crippen LogP contribution in [0.1, 0.15) is 26.3 Å². The number of rotatable bonds is 3. The van der Waals surface area contributed by atoms with Gasteiger partial charge in [0.25, 0.3) is 0 Å². The Morgan fingerprint density at radius 2 is 2.23 bits per heavy atom. The molecule has 1 aromatic heterocycles. The Kier molecular flexibility index (Phi) is 3.81. The molecule has 0 aliphatic carbocycles. The van der Waals surface area contributed by atoms with E-state index < -0.39 is 0 Å². The van der Waals surface area contributed by atoms with Gasteiger partial charge in [0.2, 0.25) is 0 Å². The maximum atomic E-state index is 12.3. The normalized spacial score (nSPS) is 19.4. The van der Waals surface area contributed by atoms with Crippen molar-refractivity contribution >= 4 is 27.0 Å². The molecule has 0 amide bonds. The second kappa shape index (κ2) is 5.39. The largest absolute Gasteiger partial charge is 0.326 e. The van der Waals surface area contributed by atoms with Crippen LogP contribution in [0.4, 0.5) is 0 Å². The van der Waals surface area contributed by atoms with Crippen LogP contribution in [-0.4, -0.2) is 27.0 Å². The summed E-state index contributed by atoms with van der Waals surface area (Å²) in [6, 6.07) is 4.27. The number of nitrogens with one attached hydrogen (secondary N) is 1. The van der Waals surface area contributed by atoms with Gasteiger partial charge in [0.15, 0.2) is 0 Å². The number of imidazole rings is 1. The van der Waals surface area contributed by atoms with Crippen LogP contribution in [0.25, 0.3) is 11.0 Å². The lowest BCUT2D eigenvalue weighted by Gasteiger charge is -2.34. The van der Waals surface area contributed by atoms with Gasteiger partial charge in [-0.15, -0.1) is 6.58 Å². The van der Waals surface area contributed by atoms with Gasteiger partial charge < -0.3 is 4.98 Å². The van der Waals surface area contributed by atoms with E-state index in [1.54, 1.807) is 0 Å². The third kappa shape index (κ3) is 2.57. The van der Waals surface area contributed by atoms with Crippen molar-refractivity contribution in [1.29, 1.82) is 0 Å². The predicted molar refractivity (Wildman–Crippen MR) is 94.1 cm³/mol. The molecule has 2 heterocycles. The molecule has 1 aromatic carbocycles. The van der Waals surface area contributed by atoms with Gasteiger partial charge in [0.05, 0.1) is 11.0 Å². The van der Waals surface area contributed by atoms with Crippen LogP contribution in [-0.2, 0) is 13.1 Å². The van der Waals surface area contributed by atoms with E-state index in [2.05, 4.69) is 53.2 Å². The number of H-pyrrole nitrogens is 1. The van der Waals surface area contributed by atoms with E-state index in [0.29, 0.717) is 6.54 Å². The van der Waals surface area contributed by atoms with Gasteiger partial charge in [-0.3, -0.25) is 9.47 Å². The van der Waals surface area contributed by atoms with E-state index in [4.69, 9.17) is 0 Å². The third-order valence-electron chi connectivity index (χ3n) is 4.58. The number of benzene rings is 1. The predicted octanol–water partition coefficient (Wildman–Crippen LogP) is 3.51. The second-order valence-corrected chi connectivity index (χ2v) is 7.76. The Morgan fingerprint density at radius 1 is 1.50 bits per heavy atom. The van der Waals surface area contributed by atoms with Crippen LogP contribution in [0, 0.1) is 5.41 Å². The topological polar surface area (TPSA) is 41.0 Å². The van der Waals surface area contributed by atoms with Gasteiger partial charge in [-0.25, -0.2) is 4.79 Å². The molecule has 0 radical (unpaired) electrons. The van der Waals surface area contributed by atoms with E-state index in [1.807, 2.05) is 22.8 Å². The Hall–Kier alpha value is -1.33. The van der Waals surface area contributed by atoms with Crippen LogP contribution in [0.5, 0.6) is 0 Å². The molecule has 5 heteroatoms. The zero-order chi connectivity index (χ0) is 16.1. The van der Waals surface area contributed by atoms with E-state index in [9.17, 15) is 4.79 Å². The van der Waals surface area contributed by atoms with Crippen molar-refractivity contribution in [3.63, 3.8) is 0 Å². The lowest BCUT2D eigenvalue weighted by Crippen LogP contribution is -2.41. The first-order valence-corrected chi connectivity index (χ1v) is 8.39. The highest BCUT2D eigenvalue weighted by atomic mass is 79.9. The standard InChI is InChI=1S/C17H22BrN3O/c1-5-17(3,4)10-20-9-12-13(18)6-7-14-15(12)21(8-11(20)2)16(22)19-14/h5-7,11H,1,8-10H2,2-4H3,(H,19,22)/t11-/m0/s1. The van der Waals surface area contributed by atoms with Crippen molar-refractivity contribution in [3.05, 3.63) is 45.3 Å². The molecule has 4 nitrogen and oxygen atoms in total. The van der Waals surface area contributed by atoms with Gasteiger partial charge in [-0.2, -0.15) is 0 Å². The molecule has 0 spiro atoms. The van der Waals surface area contributed by atoms with Crippen molar-refractivity contribution in [2.45, 2.75) is 39.9 Å². The number of hydrogen-bond acceptors (Lipinski definition) is 2. The second-order valence-electron chi connectivity index (χ2n) is 6.91. The first kappa shape index (κ1) is 15.6. The van der Waals surface area contributed by atoms with Crippen molar-refractivity contribution in [1.82, 2.24) is 14.5 Å². The summed E-state index contributed by atoms with van der Waals surface area (Å²) in [4.78, 5) is 17.7. The highest BCUT2D eigenvalue weighted by Crippen LogP contribution is 2.31. The summed E-state index contributed by atoms with van der Waals surface area (Å²) in [5, 5.41) is 0. The minimum absolute atomic E-state index is 0.0222. The fourth-order valence-electron chi connectivity index (χ4n) is 3.17. The lowest BCUT2D eigenvalue weighted by atomic mass is 9.92. The van der Waals surface area contributed by atoms with E-state index >= 15 is 0 Å². The van der Waals surface area contributed by atoms with Crippen LogP contribution in [0.2, 0.25) is 0 Å². The molecular weight excluding hydrogens is 342 g/mol. The maximum absolute atomic E-state index is 12.3. The number of nitrogens with zero attached hydrogens (tertiary/aromatic N) is 2. The molecule has 0 saturated carbocycles. The number of aromatic amines is 1. The summed E-state index contributed by atoms with van der Waals surface area (Å²) < 4.78 is 2.93. The monoisotopic (exact) mass is 363 g/mol. The smallest absolute Gasteiger partial charge is 0.306 e. The Morgan fingerprint density at radius 3 is 2.91 bits per heavy atom. The van der Waals surface area contributed by atoms with Crippen molar-refractivity contribution in [3.8, 4) is 0 Å². The third-order valence-corrected chi connectivity index (χ3v) is 5.32. The highest BCUT2D eigenvalue weighted by molar-refractivity contribution is 9.10. The zero-order valence-corrected chi connectivity index (χ0v) is 14.9. The van der Waals surface area contributed by atoms with Gasteiger partial charge >= 0.3 is 5.69 Å². The zero-order valence-electron chi connectivity index (χ0n) is 13.3. The molecule has 1 aliphatic rings. The van der Waals surface area contributed by atoms with Crippen molar-refractivity contribution in [2.75, 3.05) is 6.54 Å². The molecule has 0 bridgehead atoms. The summed E-state index contributed by atoms with van der Waals surface area (Å²) in [5.74, 6) is 0. The van der Waals surface area contributed by atoms with Crippen LogP contribution in [0.15, 0.2) is 34.1 Å². The molecule has 0 unspecified atom stereocenters. The SMILES string of the molecule is C=CC(C)(C)CN1Cc2c(Br)ccc3[nH]c(=O)n(c23)C[C@@H]1C. The summed E-state index contributed by atoms with van der Waals surface area (Å²) in [6.45, 7) is 13.0. The number of halogens is 1. The molecule has 22 heavy (non-hydrogen) atoms. The minimum Gasteiger partial charge on any atom is -0.306 e. The molecule has 0 fully saturated rings. The molecule has 118 valence electrons. The van der Waals surface area contributed by atoms with Gasteiger partial charge in [0.1, 0.15) is 0 Å². The van der Waals surface area contributed by atoms with E-state index in [1.165, 1.54) is 5.56 Å². The molecule has 1 aliphatic heterocycles. The van der Waals surface area contributed by atoms with Crippen molar-refractivity contribution in [2.24, 2.45) is 5.41 Å². The van der Waals surface area contributed by atoms with Gasteiger partial charge in [0, 0.05) is 35.7 Å². The maximum Gasteiger partial charge on any atom is 0.326 e. The Bertz CT molecular complexity index is 787. The van der Waals surface area contributed by atoms with Crippen LogP contribution < -0.4 is 5.69 Å². The summed E-state index contributed by atoms with van der Waals surface area (Å²) >= 11 is 3.66. The first-order chi connectivity index (χ1) is 10.3. The molecule has 3 rings (SSSR count). The van der Waals surface area contributed by atoms with Gasteiger partial charge in [-0.05, 0) is 24.5 Å². The van der Waals surface area contributed by atoms with Gasteiger partial charge in [-0.1, -0.05) is 35.9 Å². The van der Waals surface area contributed by atoms with Crippen molar-refractivity contribution < 1.29 is 0 Å². The molecule has 0 saturated heterocycles. The average Bonchev–Trinajstić information content (AvgIpc) is 2.68. The average molecular weight is 364 g/mol. The quantitative estimate of drug-likeness (QED) is 0.847. The molecule has 1 atom stereocenters. The summed E-state index contributed by atoms with van der Waals surface area (Å²) in [7, 11) is 0. The van der Waals surface area contributed by atoms with E-state index in [-0.39, 0.29) is 17.1 Å². The molecule has 2 aromatic rings. The molecular formula is C17H22BrN3O. The van der Waals surface area contributed by atoms with Crippen LogP contribution >= 0.6 is 15.9 Å². The molecule has 1 N–H and O–H groups in total. The number of aromatic nitrogens is 2. The fraction of sp³-hybridized carbons (Fsp3) is 0.471. The Balaban J connectivity index is 2.11. The number of hydrogen-bond donors (Lipinski definition) is 1. The lowest BCUT2D eigenvalue weighted by molar-refractivity contribution is 0.144. The first-order valence-electron chi connectivity index (χ1n) is 7.60.